The zero-order chi connectivity index (χ0) is 4.71. The van der Waals surface area contributed by atoms with Crippen LogP contribution in [-0.4, -0.2) is 17.0 Å². The van der Waals surface area contributed by atoms with Gasteiger partial charge in [-0.3, -0.25) is 4.79 Å². The summed E-state index contributed by atoms with van der Waals surface area (Å²) >= 11 is 0. The van der Waals surface area contributed by atoms with E-state index in [9.17, 15) is 0 Å². The van der Waals surface area contributed by atoms with E-state index in [-0.39, 0.29) is 16.8 Å². The first kappa shape index (κ1) is 16.7. The fraction of sp³-hybridized carbons (Fsp3) is 0. The normalized spacial score (nSPS) is 2.50. The molecule has 0 aromatic rings. The first-order valence-electron chi connectivity index (χ1n) is 0.993. The van der Waals surface area contributed by atoms with Gasteiger partial charge in [-0.25, -0.2) is 0 Å². The van der Waals surface area contributed by atoms with Crippen LogP contribution in [0.2, 0.25) is 0 Å². The van der Waals surface area contributed by atoms with Crippen molar-refractivity contribution in [2.45, 2.75) is 0 Å². The molecule has 0 bridgehead atoms. The van der Waals surface area contributed by atoms with Gasteiger partial charge in [-0.2, -0.15) is 0 Å². The monoisotopic (exact) mass is 143 g/mol. The molecule has 6 heavy (non-hydrogen) atoms. The van der Waals surface area contributed by atoms with Gasteiger partial charge in [-0.15, -0.1) is 12.0 Å². The van der Waals surface area contributed by atoms with Crippen LogP contribution in [0.1, 0.15) is 0 Å². The van der Waals surface area contributed by atoms with Gasteiger partial charge in [0.2, 0.25) is 0 Å². The first-order valence-corrected chi connectivity index (χ1v) is 1.99. The van der Waals surface area contributed by atoms with E-state index < -0.39 is 0 Å². The largest absolute Gasteiger partial charge is 0.281 e. The Labute approximate surface area is 51.1 Å². The number of rotatable bonds is 0. The second kappa shape index (κ2) is 85.2. The van der Waals surface area contributed by atoms with Crippen molar-refractivity contribution in [3.8, 4) is 12.0 Å². The molecule has 1 nitrogen and oxygen atoms in total. The van der Waals surface area contributed by atoms with Crippen LogP contribution < -0.4 is 0 Å². The number of hydrogen-bond acceptors (Lipinski definition) is 1. The summed E-state index contributed by atoms with van der Waals surface area (Å²) in [6, 6.07) is 0. The molecular formula is C3H4CoOSi. The Balaban J connectivity index is -0.0000000275. The maximum absolute atomic E-state index is 7.50. The Morgan fingerprint density at radius 3 is 1.67 bits per heavy atom. The molecule has 0 aliphatic carbocycles. The summed E-state index contributed by atoms with van der Waals surface area (Å²) < 4.78 is 0. The predicted molar refractivity (Wildman–Crippen MR) is 24.5 cm³/mol. The summed E-state index contributed by atoms with van der Waals surface area (Å²) in [5.41, 5.74) is 2.39. The van der Waals surface area contributed by atoms with Gasteiger partial charge in [0.25, 0.3) is 6.79 Å². The third kappa shape index (κ3) is 15900. The average Bonchev–Trinajstić information content (AvgIpc) is 1.46. The second-order valence-electron chi connectivity index (χ2n) is 0.289. The smallest absolute Gasteiger partial charge is 0.281 e. The summed E-state index contributed by atoms with van der Waals surface area (Å²) in [4.78, 5) is 7.50. The number of terminal acetylenes is 1. The van der Waals surface area contributed by atoms with Gasteiger partial charge in [0, 0.05) is 16.8 Å². The molecule has 0 aromatic heterocycles. The maximum atomic E-state index is 7.50. The van der Waals surface area contributed by atoms with Crippen molar-refractivity contribution in [2.24, 2.45) is 0 Å². The SMILES string of the molecule is C#C[SiH3].[C]=O.[Co]. The number of hydrogen-bond donors (Lipinski definition) is 0. The Morgan fingerprint density at radius 1 is 1.67 bits per heavy atom. The Morgan fingerprint density at radius 2 is 1.67 bits per heavy atom. The van der Waals surface area contributed by atoms with Crippen molar-refractivity contribution >= 4 is 17.0 Å². The van der Waals surface area contributed by atoms with Gasteiger partial charge in [0.15, 0.2) is 0 Å². The van der Waals surface area contributed by atoms with Crippen LogP contribution in [-0.2, 0) is 21.6 Å². The Kier molecular flexibility index (Phi) is 238. The topological polar surface area (TPSA) is 17.1 Å². The molecule has 0 heterocycles. The van der Waals surface area contributed by atoms with E-state index in [1.54, 1.807) is 0 Å². The molecule has 0 atom stereocenters. The van der Waals surface area contributed by atoms with E-state index in [0.717, 1.165) is 10.2 Å². The predicted octanol–water partition coefficient (Wildman–Crippen LogP) is -1.46. The molecule has 0 rings (SSSR count). The molecule has 0 aliphatic heterocycles. The van der Waals surface area contributed by atoms with Gasteiger partial charge >= 0.3 is 0 Å². The first-order chi connectivity index (χ1) is 2.41. The molecule has 35 valence electrons. The van der Waals surface area contributed by atoms with Crippen LogP contribution in [0.3, 0.4) is 0 Å². The van der Waals surface area contributed by atoms with Gasteiger partial charge in [0.1, 0.15) is 0 Å². The molecule has 0 aromatic carbocycles. The van der Waals surface area contributed by atoms with E-state index in [0.29, 0.717) is 0 Å². The summed E-state index contributed by atoms with van der Waals surface area (Å²) in [6.45, 7) is 4.50. The average molecular weight is 143 g/mol. The molecule has 3 radical (unpaired) electrons. The molecule has 0 aliphatic rings. The van der Waals surface area contributed by atoms with Crippen molar-refractivity contribution in [1.82, 2.24) is 0 Å². The Hall–Kier alpha value is -0.0466. The van der Waals surface area contributed by atoms with Gasteiger partial charge < -0.3 is 0 Å². The molecule has 3 heteroatoms. The zero-order valence-corrected chi connectivity index (χ0v) is 6.36. The van der Waals surface area contributed by atoms with Crippen LogP contribution >= 0.6 is 0 Å². The van der Waals surface area contributed by atoms with E-state index in [2.05, 4.69) is 18.8 Å². The van der Waals surface area contributed by atoms with Crippen LogP contribution in [0, 0.1) is 12.0 Å². The van der Waals surface area contributed by atoms with Crippen molar-refractivity contribution in [1.29, 1.82) is 0 Å². The van der Waals surface area contributed by atoms with E-state index in [1.165, 1.54) is 0 Å². The molecule has 0 amide bonds. The van der Waals surface area contributed by atoms with Crippen molar-refractivity contribution in [3.05, 3.63) is 0 Å². The summed E-state index contributed by atoms with van der Waals surface area (Å²) in [6.07, 6.45) is 4.66. The van der Waals surface area contributed by atoms with E-state index in [4.69, 9.17) is 4.79 Å². The number of carbonyl (C=O) groups excluding carboxylic acids is 1. The van der Waals surface area contributed by atoms with E-state index >= 15 is 0 Å². The van der Waals surface area contributed by atoms with Crippen molar-refractivity contribution in [3.63, 3.8) is 0 Å². The third-order valence-electron chi connectivity index (χ3n) is 0. The molecule has 0 unspecified atom stereocenters. The molecule has 0 saturated heterocycles. The van der Waals surface area contributed by atoms with Gasteiger partial charge in [-0.05, 0) is 0 Å². The van der Waals surface area contributed by atoms with Crippen LogP contribution in [0.5, 0.6) is 0 Å². The summed E-state index contributed by atoms with van der Waals surface area (Å²) in [5.74, 6) is 0. The van der Waals surface area contributed by atoms with Gasteiger partial charge in [0.05, 0.1) is 10.2 Å². The minimum atomic E-state index is 0. The van der Waals surface area contributed by atoms with Crippen LogP contribution in [0.15, 0.2) is 0 Å². The molecule has 0 spiro atoms. The Bertz CT molecular complexity index is 40.5. The second-order valence-corrected chi connectivity index (χ2v) is 0.866. The quantitative estimate of drug-likeness (QED) is 0.299. The fourth-order valence-electron chi connectivity index (χ4n) is 0. The molecule has 0 N–H and O–H groups in total. The van der Waals surface area contributed by atoms with Crippen molar-refractivity contribution < 1.29 is 21.6 Å². The van der Waals surface area contributed by atoms with Crippen molar-refractivity contribution in [2.75, 3.05) is 0 Å². The molecular weight excluding hydrogens is 139 g/mol. The molecule has 0 fully saturated rings. The minimum Gasteiger partial charge on any atom is -0.281 e. The zero-order valence-electron chi connectivity index (χ0n) is 3.32. The van der Waals surface area contributed by atoms with Crippen LogP contribution in [0.4, 0.5) is 0 Å². The summed E-state index contributed by atoms with van der Waals surface area (Å²) in [7, 11) is 0.897. The standard InChI is InChI=1S/C2H4Si.CO.Co/c1-2-3;1-2;/h1H,3H3;;. The van der Waals surface area contributed by atoms with Gasteiger partial charge in [-0.1, -0.05) is 0 Å². The molecule has 0 saturated carbocycles. The van der Waals surface area contributed by atoms with Crippen LogP contribution in [0.25, 0.3) is 0 Å². The fourth-order valence-corrected chi connectivity index (χ4v) is 0. The minimum absolute atomic E-state index is 0. The van der Waals surface area contributed by atoms with E-state index in [1.807, 2.05) is 0 Å². The maximum Gasteiger partial charge on any atom is 0.281 e. The summed E-state index contributed by atoms with van der Waals surface area (Å²) in [5, 5.41) is 0. The third-order valence-corrected chi connectivity index (χ3v) is 0.